The van der Waals surface area contributed by atoms with Crippen molar-refractivity contribution in [2.24, 2.45) is 0 Å². The molecule has 1 saturated heterocycles. The number of carbonyl (C=O) groups is 2. The van der Waals surface area contributed by atoms with E-state index in [0.29, 0.717) is 6.42 Å². The standard InChI is InChI=1S/C36H68O10/c1-3-5-7-9-11-13-14-15-16-17-19-21-23-25-32(39)45-29(27-43-31(38)24-22-20-18-12-10-8-6-4-2)28-44-36-35(42)34(41)33(40)30(26-37)46-36/h29-30,33-37,40-42H,3-28H2,1-2H3. The van der Waals surface area contributed by atoms with Crippen LogP contribution in [-0.2, 0) is 28.5 Å². The van der Waals surface area contributed by atoms with Crippen molar-refractivity contribution in [3.05, 3.63) is 0 Å². The summed E-state index contributed by atoms with van der Waals surface area (Å²) in [5.41, 5.74) is 0. The van der Waals surface area contributed by atoms with Crippen LogP contribution < -0.4 is 0 Å². The van der Waals surface area contributed by atoms with E-state index in [4.69, 9.17) is 18.9 Å². The normalized spacial score (nSPS) is 22.1. The van der Waals surface area contributed by atoms with Gasteiger partial charge in [-0.25, -0.2) is 0 Å². The van der Waals surface area contributed by atoms with Crippen molar-refractivity contribution in [3.8, 4) is 0 Å². The van der Waals surface area contributed by atoms with E-state index in [-0.39, 0.29) is 32.0 Å². The number of aliphatic hydroxyl groups is 4. The monoisotopic (exact) mass is 660 g/mol. The van der Waals surface area contributed by atoms with E-state index in [2.05, 4.69) is 13.8 Å². The Morgan fingerprint density at radius 2 is 1.02 bits per heavy atom. The number of carbonyl (C=O) groups excluding carboxylic acids is 2. The van der Waals surface area contributed by atoms with E-state index < -0.39 is 49.4 Å². The SMILES string of the molecule is CCCCCCCCCCCCCCCC(=O)OC(COC(=O)CCCCCCCCCC)COC1OC(CO)C(O)C(O)C1O. The molecule has 272 valence electrons. The molecule has 6 atom stereocenters. The van der Waals surface area contributed by atoms with E-state index in [9.17, 15) is 30.0 Å². The Morgan fingerprint density at radius 1 is 0.587 bits per heavy atom. The second kappa shape index (κ2) is 28.7. The van der Waals surface area contributed by atoms with Gasteiger partial charge in [-0.05, 0) is 12.8 Å². The minimum atomic E-state index is -1.59. The van der Waals surface area contributed by atoms with Crippen LogP contribution in [0.2, 0.25) is 0 Å². The van der Waals surface area contributed by atoms with Gasteiger partial charge in [0.25, 0.3) is 0 Å². The molecule has 0 spiro atoms. The number of hydrogen-bond acceptors (Lipinski definition) is 10. The molecule has 0 radical (unpaired) electrons. The molecule has 10 nitrogen and oxygen atoms in total. The molecule has 0 bridgehead atoms. The molecule has 6 unspecified atom stereocenters. The van der Waals surface area contributed by atoms with Gasteiger partial charge in [-0.3, -0.25) is 9.59 Å². The van der Waals surface area contributed by atoms with Crippen LogP contribution >= 0.6 is 0 Å². The van der Waals surface area contributed by atoms with Crippen molar-refractivity contribution in [3.63, 3.8) is 0 Å². The molecule has 1 heterocycles. The maximum atomic E-state index is 12.6. The van der Waals surface area contributed by atoms with Crippen molar-refractivity contribution >= 4 is 11.9 Å². The van der Waals surface area contributed by atoms with Crippen LogP contribution in [-0.4, -0.2) is 89.0 Å². The number of unbranched alkanes of at least 4 members (excludes halogenated alkanes) is 19. The third-order valence-electron chi connectivity index (χ3n) is 8.74. The van der Waals surface area contributed by atoms with Gasteiger partial charge in [0, 0.05) is 12.8 Å². The zero-order chi connectivity index (χ0) is 33.8. The minimum Gasteiger partial charge on any atom is -0.462 e. The Morgan fingerprint density at radius 3 is 1.48 bits per heavy atom. The van der Waals surface area contributed by atoms with Crippen molar-refractivity contribution in [2.75, 3.05) is 19.8 Å². The first-order chi connectivity index (χ1) is 22.3. The minimum absolute atomic E-state index is 0.211. The van der Waals surface area contributed by atoms with E-state index >= 15 is 0 Å². The maximum absolute atomic E-state index is 12.6. The molecule has 1 aliphatic heterocycles. The highest BCUT2D eigenvalue weighted by Crippen LogP contribution is 2.22. The molecule has 1 aliphatic rings. The van der Waals surface area contributed by atoms with Crippen LogP contribution in [0.25, 0.3) is 0 Å². The highest BCUT2D eigenvalue weighted by molar-refractivity contribution is 5.70. The number of esters is 2. The van der Waals surface area contributed by atoms with Crippen molar-refractivity contribution in [1.82, 2.24) is 0 Å². The molecule has 1 rings (SSSR count). The second-order valence-electron chi connectivity index (χ2n) is 13.0. The van der Waals surface area contributed by atoms with E-state index in [1.165, 1.54) is 89.9 Å². The summed E-state index contributed by atoms with van der Waals surface area (Å²) in [4.78, 5) is 25.0. The van der Waals surface area contributed by atoms with E-state index in [1.807, 2.05) is 0 Å². The number of ether oxygens (including phenoxy) is 4. The molecule has 0 saturated carbocycles. The second-order valence-corrected chi connectivity index (χ2v) is 13.0. The maximum Gasteiger partial charge on any atom is 0.306 e. The van der Waals surface area contributed by atoms with Gasteiger partial charge in [0.1, 0.15) is 31.0 Å². The van der Waals surface area contributed by atoms with Crippen molar-refractivity contribution in [2.45, 2.75) is 198 Å². The van der Waals surface area contributed by atoms with Gasteiger partial charge in [0.05, 0.1) is 13.2 Å². The van der Waals surface area contributed by atoms with Crippen LogP contribution in [0, 0.1) is 0 Å². The summed E-state index contributed by atoms with van der Waals surface area (Å²) in [7, 11) is 0. The Balaban J connectivity index is 2.40. The van der Waals surface area contributed by atoms with Crippen LogP contribution in [0.15, 0.2) is 0 Å². The number of hydrogen-bond donors (Lipinski definition) is 4. The lowest BCUT2D eigenvalue weighted by molar-refractivity contribution is -0.305. The third kappa shape index (κ3) is 20.8. The summed E-state index contributed by atoms with van der Waals surface area (Å²) in [5.74, 6) is -0.805. The van der Waals surface area contributed by atoms with E-state index in [0.717, 1.165) is 38.5 Å². The molecule has 46 heavy (non-hydrogen) atoms. The topological polar surface area (TPSA) is 152 Å². The van der Waals surface area contributed by atoms with Gasteiger partial charge in [0.2, 0.25) is 0 Å². The zero-order valence-electron chi connectivity index (χ0n) is 29.1. The molecule has 1 fully saturated rings. The number of rotatable bonds is 30. The van der Waals surface area contributed by atoms with Crippen LogP contribution in [0.4, 0.5) is 0 Å². The molecule has 0 amide bonds. The predicted molar refractivity (Wildman–Crippen MR) is 178 cm³/mol. The summed E-state index contributed by atoms with van der Waals surface area (Å²) >= 11 is 0. The van der Waals surface area contributed by atoms with Gasteiger partial charge in [0.15, 0.2) is 12.4 Å². The first kappa shape index (κ1) is 42.7. The highest BCUT2D eigenvalue weighted by atomic mass is 16.7. The zero-order valence-corrected chi connectivity index (χ0v) is 29.1. The highest BCUT2D eigenvalue weighted by Gasteiger charge is 2.44. The quantitative estimate of drug-likeness (QED) is 0.0512. The van der Waals surface area contributed by atoms with Gasteiger partial charge in [-0.2, -0.15) is 0 Å². The van der Waals surface area contributed by atoms with Crippen LogP contribution in [0.3, 0.4) is 0 Å². The Bertz CT molecular complexity index is 734. The fourth-order valence-corrected chi connectivity index (χ4v) is 5.72. The third-order valence-corrected chi connectivity index (χ3v) is 8.74. The Kier molecular flexibility index (Phi) is 26.6. The molecule has 0 aromatic carbocycles. The molecule has 10 heteroatoms. The van der Waals surface area contributed by atoms with Crippen LogP contribution in [0.1, 0.15) is 162 Å². The number of aliphatic hydroxyl groups excluding tert-OH is 4. The smallest absolute Gasteiger partial charge is 0.306 e. The van der Waals surface area contributed by atoms with Gasteiger partial charge in [-0.15, -0.1) is 0 Å². The Hall–Kier alpha value is -1.30. The summed E-state index contributed by atoms with van der Waals surface area (Å²) in [5, 5.41) is 39.8. The molecule has 4 N–H and O–H groups in total. The molecular weight excluding hydrogens is 592 g/mol. The van der Waals surface area contributed by atoms with E-state index in [1.54, 1.807) is 0 Å². The predicted octanol–water partition coefficient (Wildman–Crippen LogP) is 6.27. The first-order valence-electron chi connectivity index (χ1n) is 18.6. The fourth-order valence-electron chi connectivity index (χ4n) is 5.72. The lowest BCUT2D eigenvalue weighted by Gasteiger charge is -2.39. The molecule has 0 aliphatic carbocycles. The summed E-state index contributed by atoms with van der Waals surface area (Å²) < 4.78 is 22.0. The lowest BCUT2D eigenvalue weighted by Crippen LogP contribution is -2.59. The largest absolute Gasteiger partial charge is 0.462 e. The summed E-state index contributed by atoms with van der Waals surface area (Å²) in [6.45, 7) is 3.37. The average molecular weight is 661 g/mol. The molecular formula is C36H68O10. The summed E-state index contributed by atoms with van der Waals surface area (Å²) in [6.07, 6.45) is 17.0. The van der Waals surface area contributed by atoms with Gasteiger partial charge >= 0.3 is 11.9 Å². The van der Waals surface area contributed by atoms with Gasteiger partial charge in [-0.1, -0.05) is 136 Å². The summed E-state index contributed by atoms with van der Waals surface area (Å²) in [6, 6.07) is 0. The van der Waals surface area contributed by atoms with Crippen molar-refractivity contribution in [1.29, 1.82) is 0 Å². The van der Waals surface area contributed by atoms with Crippen molar-refractivity contribution < 1.29 is 49.0 Å². The first-order valence-corrected chi connectivity index (χ1v) is 18.6. The molecule has 0 aromatic rings. The van der Waals surface area contributed by atoms with Gasteiger partial charge < -0.3 is 39.4 Å². The Labute approximate surface area is 278 Å². The lowest BCUT2D eigenvalue weighted by atomic mass is 9.99. The fraction of sp³-hybridized carbons (Fsp3) is 0.944. The molecule has 0 aromatic heterocycles. The van der Waals surface area contributed by atoms with Crippen LogP contribution in [0.5, 0.6) is 0 Å². The average Bonchev–Trinajstić information content (AvgIpc) is 3.05.